The molecular weight excluding hydrogens is 584 g/mol. The summed E-state index contributed by atoms with van der Waals surface area (Å²) in [4.78, 5) is 17.2. The fraction of sp³-hybridized carbons (Fsp3) is 0.516. The molecule has 0 saturated carbocycles. The lowest BCUT2D eigenvalue weighted by atomic mass is 9.96. The summed E-state index contributed by atoms with van der Waals surface area (Å²) in [5.74, 6) is -1.29. The summed E-state index contributed by atoms with van der Waals surface area (Å²) in [6.45, 7) is 4.25. The van der Waals surface area contributed by atoms with Crippen molar-refractivity contribution in [2.45, 2.75) is 69.9 Å². The number of amides is 1. The number of benzene rings is 2. The lowest BCUT2D eigenvalue weighted by Crippen LogP contribution is -2.58. The van der Waals surface area contributed by atoms with Crippen molar-refractivity contribution in [1.29, 1.82) is 0 Å². The minimum atomic E-state index is -4.07. The molecular formula is C31H38ClF2N3O4S. The number of alkyl halides is 1. The van der Waals surface area contributed by atoms with Crippen molar-refractivity contribution >= 4 is 33.2 Å². The van der Waals surface area contributed by atoms with E-state index in [1.54, 1.807) is 25.1 Å². The van der Waals surface area contributed by atoms with Gasteiger partial charge in [0.15, 0.2) is 0 Å². The molecule has 2 aromatic rings. The molecule has 5 rings (SSSR count). The van der Waals surface area contributed by atoms with Crippen LogP contribution in [0, 0.1) is 5.92 Å². The van der Waals surface area contributed by atoms with E-state index in [9.17, 15) is 17.6 Å². The molecule has 0 radical (unpaired) electrons. The van der Waals surface area contributed by atoms with Crippen LogP contribution in [0.2, 0.25) is 5.02 Å². The van der Waals surface area contributed by atoms with E-state index in [0.29, 0.717) is 36.1 Å². The van der Waals surface area contributed by atoms with Crippen LogP contribution in [0.4, 0.5) is 14.5 Å². The van der Waals surface area contributed by atoms with E-state index >= 15 is 4.39 Å². The zero-order valence-electron chi connectivity index (χ0n) is 24.0. The Balaban J connectivity index is 1.56. The normalized spacial score (nSPS) is 28.5. The number of nitrogens with one attached hydrogen (secondary N) is 1. The number of halogens is 3. The first kappa shape index (κ1) is 30.8. The summed E-state index contributed by atoms with van der Waals surface area (Å²) in [5, 5.41) is -0.314. The molecule has 3 heterocycles. The molecule has 0 unspecified atom stereocenters. The van der Waals surface area contributed by atoms with E-state index in [1.807, 2.05) is 23.1 Å². The van der Waals surface area contributed by atoms with E-state index < -0.39 is 45.6 Å². The van der Waals surface area contributed by atoms with Crippen molar-refractivity contribution in [3.05, 3.63) is 70.0 Å². The number of nitrogens with zero attached hydrogens (tertiary/aromatic N) is 2. The fourth-order valence-electron chi connectivity index (χ4n) is 5.93. The topological polar surface area (TPSA) is 79.0 Å². The van der Waals surface area contributed by atoms with Crippen LogP contribution in [0.3, 0.4) is 0 Å². The summed E-state index contributed by atoms with van der Waals surface area (Å²) in [5.41, 5.74) is 2.97. The van der Waals surface area contributed by atoms with Crippen molar-refractivity contribution in [1.82, 2.24) is 9.62 Å². The monoisotopic (exact) mass is 621 g/mol. The third-order valence-electron chi connectivity index (χ3n) is 8.93. The second kappa shape index (κ2) is 12.9. The van der Waals surface area contributed by atoms with Gasteiger partial charge in [-0.2, -0.15) is 0 Å². The van der Waals surface area contributed by atoms with Crippen LogP contribution in [0.1, 0.15) is 61.0 Å². The van der Waals surface area contributed by atoms with Crippen LogP contribution < -0.4 is 14.4 Å². The van der Waals surface area contributed by atoms with E-state index in [4.69, 9.17) is 16.3 Å². The van der Waals surface area contributed by atoms with Gasteiger partial charge in [0.05, 0.1) is 17.0 Å². The van der Waals surface area contributed by atoms with Gasteiger partial charge in [0.2, 0.25) is 10.0 Å². The number of carbonyl (C=O) groups excluding carboxylic acids is 1. The second-order valence-electron chi connectivity index (χ2n) is 11.6. The number of fused-ring (bicyclic) bond motifs is 3. The van der Waals surface area contributed by atoms with Gasteiger partial charge in [-0.05, 0) is 86.4 Å². The summed E-state index contributed by atoms with van der Waals surface area (Å²) in [7, 11) is -4.07. The molecule has 42 heavy (non-hydrogen) atoms. The summed E-state index contributed by atoms with van der Waals surface area (Å²) >= 11 is 6.28. The van der Waals surface area contributed by atoms with Crippen molar-refractivity contribution in [3.63, 3.8) is 0 Å². The van der Waals surface area contributed by atoms with E-state index in [0.717, 1.165) is 36.8 Å². The van der Waals surface area contributed by atoms with Crippen molar-refractivity contribution < 1.29 is 26.7 Å². The number of aryl methyl sites for hydroxylation is 1. The summed E-state index contributed by atoms with van der Waals surface area (Å²) in [6, 6.07) is 9.56. The Hall–Kier alpha value is -2.69. The Bertz CT molecular complexity index is 1450. The average molecular weight is 622 g/mol. The molecule has 3 aliphatic heterocycles. The minimum absolute atomic E-state index is 0.0963. The third-order valence-corrected chi connectivity index (χ3v) is 11.1. The molecule has 2 aromatic carbocycles. The Labute approximate surface area is 251 Å². The number of anilines is 1. The van der Waals surface area contributed by atoms with Gasteiger partial charge in [-0.1, -0.05) is 30.7 Å². The average Bonchev–Trinajstić information content (AvgIpc) is 2.98. The maximum Gasteiger partial charge on any atom is 0.264 e. The van der Waals surface area contributed by atoms with Gasteiger partial charge in [-0.3, -0.25) is 9.69 Å². The van der Waals surface area contributed by atoms with Crippen molar-refractivity contribution in [2.24, 2.45) is 5.92 Å². The number of hydrogen-bond acceptors (Lipinski definition) is 6. The van der Waals surface area contributed by atoms with Crippen LogP contribution in [0.5, 0.6) is 5.75 Å². The van der Waals surface area contributed by atoms with Crippen LogP contribution >= 0.6 is 11.6 Å². The predicted molar refractivity (Wildman–Crippen MR) is 161 cm³/mol. The van der Waals surface area contributed by atoms with Crippen LogP contribution in [-0.4, -0.2) is 62.9 Å². The molecule has 0 spiro atoms. The number of allylic oxidation sites excluding steroid dienone is 1. The molecule has 228 valence electrons. The quantitative estimate of drug-likeness (QED) is 0.433. The van der Waals surface area contributed by atoms with Gasteiger partial charge in [0.1, 0.15) is 24.9 Å². The maximum atomic E-state index is 15.3. The van der Waals surface area contributed by atoms with Gasteiger partial charge in [0, 0.05) is 36.3 Å². The van der Waals surface area contributed by atoms with Crippen LogP contribution in [-0.2, 0) is 23.1 Å². The highest BCUT2D eigenvalue weighted by molar-refractivity contribution is 7.90. The third kappa shape index (κ3) is 6.60. The zero-order valence-corrected chi connectivity index (χ0v) is 25.6. The largest absolute Gasteiger partial charge is 0.487 e. The van der Waals surface area contributed by atoms with E-state index in [1.165, 1.54) is 13.0 Å². The fourth-order valence-corrected chi connectivity index (χ4v) is 7.41. The summed E-state index contributed by atoms with van der Waals surface area (Å²) in [6.07, 6.45) is 4.71. The molecule has 7 nitrogen and oxygen atoms in total. The maximum absolute atomic E-state index is 15.3. The number of carbonyl (C=O) groups is 1. The number of ether oxygens (including phenoxy) is 1. The van der Waals surface area contributed by atoms with Gasteiger partial charge in [0.25, 0.3) is 5.91 Å². The van der Waals surface area contributed by atoms with Crippen LogP contribution in [0.15, 0.2) is 48.3 Å². The SMILES string of the molecule is C[C@@H]1[C@@H](C)C/C=C(\F)[C@H](CF)N2CC[C@H]2CN2CCCCc3cc(Cl)ccc3COc3ccc(cc32)C(=O)NS1(=O)=O. The molecule has 4 atom stereocenters. The Morgan fingerprint density at radius 1 is 1.10 bits per heavy atom. The second-order valence-corrected chi connectivity index (χ2v) is 14.1. The Morgan fingerprint density at radius 2 is 1.90 bits per heavy atom. The standard InChI is InChI=1S/C31H38ClF2N3O4S/c1-20-6-10-27(34)29(17-33)37-14-12-26(37)18-36-13-4-3-5-22-15-25(32)9-7-24(22)19-41-30-11-8-23(16-28(30)36)31(38)35-42(39,40)21(20)2/h7-11,15-16,20-21,26,29H,3-6,12-14,17-19H2,1-2H3,(H,35,38)/b27-10-/t20-,21+,26-,29-/m0/s1. The highest BCUT2D eigenvalue weighted by Gasteiger charge is 2.38. The molecule has 2 bridgehead atoms. The molecule has 0 aromatic heterocycles. The molecule has 11 heteroatoms. The molecule has 0 aliphatic carbocycles. The first-order chi connectivity index (χ1) is 20.1. The smallest absolute Gasteiger partial charge is 0.264 e. The number of hydrogen-bond donors (Lipinski definition) is 1. The van der Waals surface area contributed by atoms with Crippen molar-refractivity contribution in [2.75, 3.05) is 31.2 Å². The van der Waals surface area contributed by atoms with Crippen molar-refractivity contribution in [3.8, 4) is 5.75 Å². The molecule has 1 N–H and O–H groups in total. The minimum Gasteiger partial charge on any atom is -0.487 e. The highest BCUT2D eigenvalue weighted by Crippen LogP contribution is 2.35. The Kier molecular flexibility index (Phi) is 9.44. The predicted octanol–water partition coefficient (Wildman–Crippen LogP) is 5.82. The number of sulfonamides is 1. The number of rotatable bonds is 1. The highest BCUT2D eigenvalue weighted by atomic mass is 35.5. The summed E-state index contributed by atoms with van der Waals surface area (Å²) < 4.78 is 64.4. The molecule has 1 amide bonds. The first-order valence-electron chi connectivity index (χ1n) is 14.6. The molecule has 1 fully saturated rings. The van der Waals surface area contributed by atoms with Gasteiger partial charge in [-0.15, -0.1) is 0 Å². The van der Waals surface area contributed by atoms with E-state index in [2.05, 4.69) is 9.62 Å². The van der Waals surface area contributed by atoms with Crippen LogP contribution in [0.25, 0.3) is 0 Å². The molecule has 3 aliphatic rings. The lowest BCUT2D eigenvalue weighted by Gasteiger charge is -2.47. The van der Waals surface area contributed by atoms with Gasteiger partial charge < -0.3 is 9.64 Å². The van der Waals surface area contributed by atoms with Gasteiger partial charge in [-0.25, -0.2) is 21.9 Å². The molecule has 1 saturated heterocycles. The van der Waals surface area contributed by atoms with E-state index in [-0.39, 0.29) is 24.6 Å². The Morgan fingerprint density at radius 3 is 2.64 bits per heavy atom. The van der Waals surface area contributed by atoms with Gasteiger partial charge >= 0.3 is 0 Å². The zero-order chi connectivity index (χ0) is 30.0. The first-order valence-corrected chi connectivity index (χ1v) is 16.5. The lowest BCUT2D eigenvalue weighted by molar-refractivity contribution is 0.0395.